The molecule has 3 aromatic rings. The minimum atomic E-state index is -0.441. The first-order valence-corrected chi connectivity index (χ1v) is 7.77. The number of benzene rings is 2. The first kappa shape index (κ1) is 16.6. The zero-order valence-electron chi connectivity index (χ0n) is 13.3. The summed E-state index contributed by atoms with van der Waals surface area (Å²) in [6, 6.07) is 15.2. The maximum Gasteiger partial charge on any atom is 0.243 e. The fourth-order valence-electron chi connectivity index (χ4n) is 2.46. The van der Waals surface area contributed by atoms with E-state index in [-0.39, 0.29) is 18.9 Å². The summed E-state index contributed by atoms with van der Waals surface area (Å²) in [5.74, 6) is -1.24. The minimum Gasteiger partial charge on any atom is -0.347 e. The lowest BCUT2D eigenvalue weighted by atomic mass is 10.1. The number of nitrogens with zero attached hydrogens (tertiary/aromatic N) is 1. The van der Waals surface area contributed by atoms with E-state index in [2.05, 4.69) is 15.6 Å². The number of carbonyl (C=O) groups is 2. The second-order valence-corrected chi connectivity index (χ2v) is 5.47. The average Bonchev–Trinajstić information content (AvgIpc) is 2.62. The standard InChI is InChI=1S/C19H16FN3O2/c20-15-8-2-1-5-14(15)11-17(24)22-12-18(25)23-16-9-3-6-13-7-4-10-21-19(13)16/h1-10H,11-12H2,(H,22,24)(H,23,25). The maximum atomic E-state index is 13.5. The lowest BCUT2D eigenvalue weighted by Gasteiger charge is -2.09. The molecule has 1 heterocycles. The van der Waals surface area contributed by atoms with Crippen molar-refractivity contribution >= 4 is 28.4 Å². The van der Waals surface area contributed by atoms with Crippen molar-refractivity contribution < 1.29 is 14.0 Å². The van der Waals surface area contributed by atoms with E-state index in [4.69, 9.17) is 0 Å². The van der Waals surface area contributed by atoms with Crippen molar-refractivity contribution in [3.8, 4) is 0 Å². The van der Waals surface area contributed by atoms with Crippen LogP contribution >= 0.6 is 0 Å². The first-order valence-electron chi connectivity index (χ1n) is 7.77. The van der Waals surface area contributed by atoms with E-state index < -0.39 is 11.7 Å². The number of hydrogen-bond acceptors (Lipinski definition) is 3. The predicted molar refractivity (Wildman–Crippen MR) is 93.5 cm³/mol. The van der Waals surface area contributed by atoms with Gasteiger partial charge in [0, 0.05) is 11.6 Å². The van der Waals surface area contributed by atoms with Crippen LogP contribution in [0.2, 0.25) is 0 Å². The lowest BCUT2D eigenvalue weighted by Crippen LogP contribution is -2.34. The van der Waals surface area contributed by atoms with Gasteiger partial charge in [-0.3, -0.25) is 14.6 Å². The Morgan fingerprint density at radius 2 is 1.76 bits per heavy atom. The van der Waals surface area contributed by atoms with Gasteiger partial charge in [0.1, 0.15) is 5.82 Å². The lowest BCUT2D eigenvalue weighted by molar-refractivity contribution is -0.123. The van der Waals surface area contributed by atoms with Crippen molar-refractivity contribution in [2.24, 2.45) is 0 Å². The number of anilines is 1. The third-order valence-electron chi connectivity index (χ3n) is 3.66. The van der Waals surface area contributed by atoms with Crippen molar-refractivity contribution in [1.29, 1.82) is 0 Å². The molecule has 5 nitrogen and oxygen atoms in total. The molecule has 25 heavy (non-hydrogen) atoms. The van der Waals surface area contributed by atoms with Gasteiger partial charge in [-0.15, -0.1) is 0 Å². The molecular weight excluding hydrogens is 321 g/mol. The fourth-order valence-corrected chi connectivity index (χ4v) is 2.46. The number of fused-ring (bicyclic) bond motifs is 1. The molecule has 0 aliphatic heterocycles. The summed E-state index contributed by atoms with van der Waals surface area (Å²) in [7, 11) is 0. The van der Waals surface area contributed by atoms with E-state index in [1.54, 1.807) is 24.4 Å². The van der Waals surface area contributed by atoms with Crippen LogP contribution in [0, 0.1) is 5.82 Å². The number of para-hydroxylation sites is 1. The van der Waals surface area contributed by atoms with E-state index >= 15 is 0 Å². The highest BCUT2D eigenvalue weighted by Gasteiger charge is 2.10. The van der Waals surface area contributed by atoms with Gasteiger partial charge in [0.05, 0.1) is 24.2 Å². The normalized spacial score (nSPS) is 10.4. The Morgan fingerprint density at radius 3 is 2.60 bits per heavy atom. The Bertz CT molecular complexity index is 922. The quantitative estimate of drug-likeness (QED) is 0.752. The summed E-state index contributed by atoms with van der Waals surface area (Å²) in [6.45, 7) is -0.198. The molecule has 0 bridgehead atoms. The van der Waals surface area contributed by atoms with Gasteiger partial charge in [-0.25, -0.2) is 4.39 Å². The number of aromatic nitrogens is 1. The molecule has 0 saturated carbocycles. The summed E-state index contributed by atoms with van der Waals surface area (Å²) >= 11 is 0. The Morgan fingerprint density at radius 1 is 0.960 bits per heavy atom. The molecule has 0 saturated heterocycles. The molecular formula is C19H16FN3O2. The molecule has 0 fully saturated rings. The third-order valence-corrected chi connectivity index (χ3v) is 3.66. The Hall–Kier alpha value is -3.28. The van der Waals surface area contributed by atoms with Crippen LogP contribution in [-0.2, 0) is 16.0 Å². The molecule has 2 aromatic carbocycles. The average molecular weight is 337 g/mol. The van der Waals surface area contributed by atoms with Gasteiger partial charge in [0.15, 0.2) is 0 Å². The van der Waals surface area contributed by atoms with E-state index in [1.165, 1.54) is 12.1 Å². The SMILES string of the molecule is O=C(Cc1ccccc1F)NCC(=O)Nc1cccc2cccnc12. The van der Waals surface area contributed by atoms with Gasteiger partial charge in [0.2, 0.25) is 11.8 Å². The molecule has 0 atom stereocenters. The van der Waals surface area contributed by atoms with Gasteiger partial charge in [0.25, 0.3) is 0 Å². The summed E-state index contributed by atoms with van der Waals surface area (Å²) < 4.78 is 13.5. The number of amides is 2. The molecule has 3 rings (SSSR count). The molecule has 0 spiro atoms. The monoisotopic (exact) mass is 337 g/mol. The van der Waals surface area contributed by atoms with E-state index in [1.807, 2.05) is 24.3 Å². The minimum absolute atomic E-state index is 0.115. The zero-order chi connectivity index (χ0) is 17.6. The second-order valence-electron chi connectivity index (χ2n) is 5.47. The highest BCUT2D eigenvalue weighted by Crippen LogP contribution is 2.20. The van der Waals surface area contributed by atoms with Crippen molar-refractivity contribution in [3.63, 3.8) is 0 Å². The van der Waals surface area contributed by atoms with Gasteiger partial charge in [-0.05, 0) is 23.8 Å². The molecule has 0 aliphatic rings. The van der Waals surface area contributed by atoms with Crippen LogP contribution in [-0.4, -0.2) is 23.3 Å². The number of nitrogens with one attached hydrogen (secondary N) is 2. The molecule has 0 aliphatic carbocycles. The van der Waals surface area contributed by atoms with Gasteiger partial charge < -0.3 is 10.6 Å². The number of pyridine rings is 1. The zero-order valence-corrected chi connectivity index (χ0v) is 13.3. The van der Waals surface area contributed by atoms with Gasteiger partial charge in [-0.1, -0.05) is 36.4 Å². The van der Waals surface area contributed by atoms with Gasteiger partial charge >= 0.3 is 0 Å². The third kappa shape index (κ3) is 4.17. The van der Waals surface area contributed by atoms with Crippen LogP contribution in [0.1, 0.15) is 5.56 Å². The molecule has 126 valence electrons. The molecule has 2 N–H and O–H groups in total. The van der Waals surface area contributed by atoms with Crippen molar-refractivity contribution in [2.45, 2.75) is 6.42 Å². The maximum absolute atomic E-state index is 13.5. The van der Waals surface area contributed by atoms with E-state index in [0.717, 1.165) is 5.39 Å². The summed E-state index contributed by atoms with van der Waals surface area (Å²) in [6.07, 6.45) is 1.53. The predicted octanol–water partition coefficient (Wildman–Crippen LogP) is 2.67. The van der Waals surface area contributed by atoms with Crippen LogP contribution < -0.4 is 10.6 Å². The Balaban J connectivity index is 1.57. The molecule has 6 heteroatoms. The molecule has 1 aromatic heterocycles. The summed E-state index contributed by atoms with van der Waals surface area (Å²) in [4.78, 5) is 28.2. The fraction of sp³-hybridized carbons (Fsp3) is 0.105. The van der Waals surface area contributed by atoms with Crippen LogP contribution in [0.15, 0.2) is 60.8 Å². The number of carbonyl (C=O) groups excluding carboxylic acids is 2. The van der Waals surface area contributed by atoms with E-state index in [9.17, 15) is 14.0 Å². The van der Waals surface area contributed by atoms with Crippen LogP contribution in [0.25, 0.3) is 10.9 Å². The molecule has 0 radical (unpaired) electrons. The smallest absolute Gasteiger partial charge is 0.243 e. The molecule has 2 amide bonds. The summed E-state index contributed by atoms with van der Waals surface area (Å²) in [5, 5.41) is 6.12. The van der Waals surface area contributed by atoms with Crippen molar-refractivity contribution in [3.05, 3.63) is 72.2 Å². The Labute approximate surface area is 143 Å². The number of hydrogen-bond donors (Lipinski definition) is 2. The van der Waals surface area contributed by atoms with E-state index in [0.29, 0.717) is 16.8 Å². The first-order chi connectivity index (χ1) is 12.1. The highest BCUT2D eigenvalue weighted by atomic mass is 19.1. The topological polar surface area (TPSA) is 71.1 Å². The highest BCUT2D eigenvalue weighted by molar-refractivity contribution is 6.01. The van der Waals surface area contributed by atoms with Crippen molar-refractivity contribution in [2.75, 3.05) is 11.9 Å². The summed E-state index contributed by atoms with van der Waals surface area (Å²) in [5.41, 5.74) is 1.54. The van der Waals surface area contributed by atoms with Crippen LogP contribution in [0.3, 0.4) is 0 Å². The van der Waals surface area contributed by atoms with Crippen LogP contribution in [0.4, 0.5) is 10.1 Å². The number of rotatable bonds is 5. The van der Waals surface area contributed by atoms with Gasteiger partial charge in [-0.2, -0.15) is 0 Å². The number of halogens is 1. The largest absolute Gasteiger partial charge is 0.347 e. The second kappa shape index (κ2) is 7.53. The van der Waals surface area contributed by atoms with Crippen LogP contribution in [0.5, 0.6) is 0 Å². The van der Waals surface area contributed by atoms with Crippen molar-refractivity contribution in [1.82, 2.24) is 10.3 Å². The molecule has 0 unspecified atom stereocenters. The Kier molecular flexibility index (Phi) is 4.99.